The first-order chi connectivity index (χ1) is 14.1. The summed E-state index contributed by atoms with van der Waals surface area (Å²) >= 11 is 0. The molecule has 0 unspecified atom stereocenters. The standard InChI is InChI=1S/C19H17N3O6S2/c20-19(24)17-12-16(10-11-18(17)23)30(27,28)22-14-8-6-13(7-9-14)21-29(25,26)15-4-2-1-3-5-15/h1-12,21-23H,(H2,20,24). The van der Waals surface area contributed by atoms with Gasteiger partial charge in [0.15, 0.2) is 0 Å². The summed E-state index contributed by atoms with van der Waals surface area (Å²) in [4.78, 5) is 11.1. The van der Waals surface area contributed by atoms with Crippen LogP contribution in [0.1, 0.15) is 10.4 Å². The molecular formula is C19H17N3O6S2. The number of hydrogen-bond donors (Lipinski definition) is 4. The average Bonchev–Trinajstić information content (AvgIpc) is 2.70. The Kier molecular flexibility index (Phi) is 5.67. The zero-order chi connectivity index (χ0) is 21.9. The fourth-order valence-electron chi connectivity index (χ4n) is 2.51. The van der Waals surface area contributed by atoms with Gasteiger partial charge in [0.1, 0.15) is 5.75 Å². The van der Waals surface area contributed by atoms with Crippen molar-refractivity contribution in [1.29, 1.82) is 0 Å². The van der Waals surface area contributed by atoms with Gasteiger partial charge in [-0.15, -0.1) is 0 Å². The Morgan fingerprint density at radius 2 is 1.23 bits per heavy atom. The molecule has 156 valence electrons. The van der Waals surface area contributed by atoms with Crippen LogP contribution in [0.5, 0.6) is 5.75 Å². The molecule has 0 radical (unpaired) electrons. The third-order valence-electron chi connectivity index (χ3n) is 3.99. The second-order valence-corrected chi connectivity index (χ2v) is 9.51. The van der Waals surface area contributed by atoms with Crippen LogP contribution in [0.15, 0.2) is 82.6 Å². The van der Waals surface area contributed by atoms with Gasteiger partial charge in [0.25, 0.3) is 26.0 Å². The number of sulfonamides is 2. The largest absolute Gasteiger partial charge is 0.507 e. The number of benzene rings is 3. The highest BCUT2D eigenvalue weighted by atomic mass is 32.2. The molecule has 0 aromatic heterocycles. The molecular weight excluding hydrogens is 430 g/mol. The fourth-order valence-corrected chi connectivity index (χ4v) is 4.68. The van der Waals surface area contributed by atoms with Crippen LogP contribution in [0.4, 0.5) is 11.4 Å². The Labute approximate surface area is 173 Å². The highest BCUT2D eigenvalue weighted by molar-refractivity contribution is 7.93. The van der Waals surface area contributed by atoms with Gasteiger partial charge in [-0.3, -0.25) is 14.2 Å². The van der Waals surface area contributed by atoms with E-state index in [1.165, 1.54) is 36.4 Å². The van der Waals surface area contributed by atoms with Gasteiger partial charge in [0.2, 0.25) is 0 Å². The molecule has 9 nitrogen and oxygen atoms in total. The zero-order valence-corrected chi connectivity index (χ0v) is 16.9. The molecule has 30 heavy (non-hydrogen) atoms. The molecule has 0 aliphatic heterocycles. The summed E-state index contributed by atoms with van der Waals surface area (Å²) in [5.74, 6) is -1.41. The predicted octanol–water partition coefficient (Wildman–Crippen LogP) is 2.09. The highest BCUT2D eigenvalue weighted by Crippen LogP contribution is 2.24. The summed E-state index contributed by atoms with van der Waals surface area (Å²) in [6, 6.07) is 16.4. The molecule has 0 saturated carbocycles. The predicted molar refractivity (Wildman–Crippen MR) is 111 cm³/mol. The Morgan fingerprint density at radius 1 is 0.733 bits per heavy atom. The van der Waals surface area contributed by atoms with Gasteiger partial charge < -0.3 is 10.8 Å². The van der Waals surface area contributed by atoms with Crippen molar-refractivity contribution in [2.45, 2.75) is 9.79 Å². The first kappa shape index (κ1) is 21.1. The maximum Gasteiger partial charge on any atom is 0.261 e. The van der Waals surface area contributed by atoms with E-state index in [1.54, 1.807) is 18.2 Å². The fraction of sp³-hybridized carbons (Fsp3) is 0. The summed E-state index contributed by atoms with van der Waals surface area (Å²) in [6.45, 7) is 0. The molecule has 1 amide bonds. The maximum absolute atomic E-state index is 12.5. The second-order valence-electron chi connectivity index (χ2n) is 6.14. The van der Waals surface area contributed by atoms with E-state index in [0.29, 0.717) is 0 Å². The number of carbonyl (C=O) groups excluding carboxylic acids is 1. The van der Waals surface area contributed by atoms with Crippen LogP contribution in [-0.2, 0) is 20.0 Å². The van der Waals surface area contributed by atoms with Crippen molar-refractivity contribution in [3.63, 3.8) is 0 Å². The van der Waals surface area contributed by atoms with Gasteiger partial charge in [-0.1, -0.05) is 18.2 Å². The lowest BCUT2D eigenvalue weighted by Gasteiger charge is -2.11. The van der Waals surface area contributed by atoms with Gasteiger partial charge in [-0.2, -0.15) is 0 Å². The number of hydrogen-bond acceptors (Lipinski definition) is 6. The van der Waals surface area contributed by atoms with E-state index in [9.17, 15) is 26.7 Å². The number of phenols is 1. The minimum absolute atomic E-state index is 0.0902. The van der Waals surface area contributed by atoms with Crippen molar-refractivity contribution in [3.8, 4) is 5.75 Å². The molecule has 5 N–H and O–H groups in total. The molecule has 0 spiro atoms. The third kappa shape index (κ3) is 4.70. The van der Waals surface area contributed by atoms with Crippen molar-refractivity contribution < 1.29 is 26.7 Å². The molecule has 11 heteroatoms. The molecule has 3 aromatic carbocycles. The van der Waals surface area contributed by atoms with Crippen molar-refractivity contribution in [2.24, 2.45) is 5.73 Å². The summed E-state index contributed by atoms with van der Waals surface area (Å²) in [5.41, 5.74) is 5.19. The number of carbonyl (C=O) groups is 1. The number of anilines is 2. The summed E-state index contributed by atoms with van der Waals surface area (Å²) in [7, 11) is -7.86. The smallest absolute Gasteiger partial charge is 0.261 e. The van der Waals surface area contributed by atoms with E-state index in [0.717, 1.165) is 18.2 Å². The second kappa shape index (κ2) is 8.05. The quantitative estimate of drug-likeness (QED) is 0.434. The summed E-state index contributed by atoms with van der Waals surface area (Å²) in [6.07, 6.45) is 0. The zero-order valence-electron chi connectivity index (χ0n) is 15.3. The van der Waals surface area contributed by atoms with Crippen molar-refractivity contribution in [1.82, 2.24) is 0 Å². The monoisotopic (exact) mass is 447 g/mol. The molecule has 0 bridgehead atoms. The van der Waals surface area contributed by atoms with Crippen LogP contribution in [0, 0.1) is 0 Å². The molecule has 0 fully saturated rings. The SMILES string of the molecule is NC(=O)c1cc(S(=O)(=O)Nc2ccc(NS(=O)(=O)c3ccccc3)cc2)ccc1O. The third-order valence-corrected chi connectivity index (χ3v) is 6.76. The normalized spacial score (nSPS) is 11.6. The number of amides is 1. The van der Waals surface area contributed by atoms with Gasteiger partial charge in [0.05, 0.1) is 15.4 Å². The average molecular weight is 447 g/mol. The van der Waals surface area contributed by atoms with Crippen molar-refractivity contribution >= 4 is 37.3 Å². The lowest BCUT2D eigenvalue weighted by atomic mass is 10.2. The maximum atomic E-state index is 12.5. The minimum Gasteiger partial charge on any atom is -0.507 e. The molecule has 0 aliphatic carbocycles. The number of nitrogens with two attached hydrogens (primary N) is 1. The van der Waals surface area contributed by atoms with Crippen molar-refractivity contribution in [2.75, 3.05) is 9.44 Å². The van der Waals surface area contributed by atoms with Gasteiger partial charge >= 0.3 is 0 Å². The van der Waals surface area contributed by atoms with E-state index in [-0.39, 0.29) is 26.7 Å². The number of primary amides is 1. The molecule has 0 atom stereocenters. The summed E-state index contributed by atoms with van der Waals surface area (Å²) < 4.78 is 54.4. The molecule has 0 heterocycles. The van der Waals surface area contributed by atoms with E-state index in [2.05, 4.69) is 9.44 Å². The van der Waals surface area contributed by atoms with Gasteiger partial charge in [-0.05, 0) is 54.6 Å². The van der Waals surface area contributed by atoms with E-state index >= 15 is 0 Å². The molecule has 3 rings (SSSR count). The van der Waals surface area contributed by atoms with E-state index < -0.39 is 31.7 Å². The summed E-state index contributed by atoms with van der Waals surface area (Å²) in [5, 5.41) is 9.59. The Morgan fingerprint density at radius 3 is 1.73 bits per heavy atom. The minimum atomic E-state index is -4.08. The van der Waals surface area contributed by atoms with E-state index in [1.807, 2.05) is 0 Å². The van der Waals surface area contributed by atoms with Crippen molar-refractivity contribution in [3.05, 3.63) is 78.4 Å². The topological polar surface area (TPSA) is 156 Å². The van der Waals surface area contributed by atoms with Crippen LogP contribution in [0.2, 0.25) is 0 Å². The van der Waals surface area contributed by atoms with Gasteiger partial charge in [-0.25, -0.2) is 16.8 Å². The van der Waals surface area contributed by atoms with Crippen LogP contribution < -0.4 is 15.2 Å². The number of rotatable bonds is 7. The number of aromatic hydroxyl groups is 1. The molecule has 3 aromatic rings. The molecule has 0 aliphatic rings. The van der Waals surface area contributed by atoms with Crippen LogP contribution in [0.25, 0.3) is 0 Å². The van der Waals surface area contributed by atoms with Crippen LogP contribution in [0.3, 0.4) is 0 Å². The first-order valence-electron chi connectivity index (χ1n) is 8.42. The number of nitrogens with one attached hydrogen (secondary N) is 2. The Bertz CT molecular complexity index is 1290. The van der Waals surface area contributed by atoms with E-state index in [4.69, 9.17) is 5.73 Å². The Balaban J connectivity index is 1.79. The highest BCUT2D eigenvalue weighted by Gasteiger charge is 2.19. The Hall–Kier alpha value is -3.57. The lowest BCUT2D eigenvalue weighted by Crippen LogP contribution is -2.16. The van der Waals surface area contributed by atoms with Gasteiger partial charge in [0, 0.05) is 11.4 Å². The first-order valence-corrected chi connectivity index (χ1v) is 11.4. The van der Waals surface area contributed by atoms with Crippen LogP contribution in [-0.4, -0.2) is 27.8 Å². The van der Waals surface area contributed by atoms with Crippen LogP contribution >= 0.6 is 0 Å². The molecule has 0 saturated heterocycles. The lowest BCUT2D eigenvalue weighted by molar-refractivity contribution is 0.0997.